The van der Waals surface area contributed by atoms with Crippen molar-refractivity contribution in [1.29, 1.82) is 0 Å². The van der Waals surface area contributed by atoms with Gasteiger partial charge in [-0.25, -0.2) is 0 Å². The minimum atomic E-state index is -0.0354. The number of nitrogens with one attached hydrogen (secondary N) is 1. The number of hydrogen-bond acceptors (Lipinski definition) is 3. The summed E-state index contributed by atoms with van der Waals surface area (Å²) in [6.45, 7) is 0. The molecule has 0 saturated heterocycles. The lowest BCUT2D eigenvalue weighted by atomic mass is 10.1. The number of amides is 1. The molecule has 1 aliphatic carbocycles. The first-order valence-corrected chi connectivity index (χ1v) is 5.88. The third kappa shape index (κ3) is 3.62. The summed E-state index contributed by atoms with van der Waals surface area (Å²) in [6.07, 6.45) is 3.19. The highest BCUT2D eigenvalue weighted by Crippen LogP contribution is 2.21. The molecule has 0 heterocycles. The fraction of sp³-hybridized carbons (Fsp3) is 0.462. The highest BCUT2D eigenvalue weighted by molar-refractivity contribution is 5.94. The van der Waals surface area contributed by atoms with Crippen molar-refractivity contribution in [2.75, 3.05) is 12.8 Å². The molecule has 0 spiro atoms. The van der Waals surface area contributed by atoms with Crippen LogP contribution in [-0.4, -0.2) is 25.2 Å². The van der Waals surface area contributed by atoms with E-state index in [-0.39, 0.29) is 30.5 Å². The number of anilines is 1. The van der Waals surface area contributed by atoms with Gasteiger partial charge in [-0.1, -0.05) is 0 Å². The molecule has 100 valence electrons. The summed E-state index contributed by atoms with van der Waals surface area (Å²) in [6, 6.07) is 7.19. The number of rotatable bonds is 3. The van der Waals surface area contributed by atoms with Crippen LogP contribution in [0.4, 0.5) is 5.69 Å². The molecule has 1 aliphatic rings. The lowest BCUT2D eigenvalue weighted by Crippen LogP contribution is -2.33. The first-order chi connectivity index (χ1) is 8.19. The van der Waals surface area contributed by atoms with Crippen LogP contribution in [0.2, 0.25) is 0 Å². The number of methoxy groups -OCH3 is 1. The van der Waals surface area contributed by atoms with Crippen molar-refractivity contribution in [2.24, 2.45) is 0 Å². The van der Waals surface area contributed by atoms with Gasteiger partial charge in [0.05, 0.1) is 6.10 Å². The normalized spacial score (nSPS) is 22.3. The third-order valence-electron chi connectivity index (χ3n) is 3.23. The van der Waals surface area contributed by atoms with E-state index in [0.717, 1.165) is 19.3 Å². The van der Waals surface area contributed by atoms with Gasteiger partial charge in [0.25, 0.3) is 5.91 Å². The smallest absolute Gasteiger partial charge is 0.251 e. The van der Waals surface area contributed by atoms with Gasteiger partial charge in [-0.15, -0.1) is 12.4 Å². The van der Waals surface area contributed by atoms with Gasteiger partial charge in [0.2, 0.25) is 0 Å². The van der Waals surface area contributed by atoms with Gasteiger partial charge in [-0.05, 0) is 43.5 Å². The number of carbonyl (C=O) groups is 1. The number of carbonyl (C=O) groups excluding carboxylic acids is 1. The molecular formula is C13H19ClN2O2. The Kier molecular flexibility index (Phi) is 5.44. The maximum Gasteiger partial charge on any atom is 0.251 e. The summed E-state index contributed by atoms with van der Waals surface area (Å²) in [7, 11) is 1.72. The molecule has 2 atom stereocenters. The van der Waals surface area contributed by atoms with Gasteiger partial charge < -0.3 is 15.8 Å². The van der Waals surface area contributed by atoms with Gasteiger partial charge in [0.15, 0.2) is 0 Å². The molecule has 0 radical (unpaired) electrons. The van der Waals surface area contributed by atoms with Crippen molar-refractivity contribution in [3.63, 3.8) is 0 Å². The lowest BCUT2D eigenvalue weighted by Gasteiger charge is -2.13. The largest absolute Gasteiger partial charge is 0.399 e. The molecule has 4 nitrogen and oxygen atoms in total. The molecular weight excluding hydrogens is 252 g/mol. The van der Waals surface area contributed by atoms with Gasteiger partial charge in [0, 0.05) is 24.4 Å². The lowest BCUT2D eigenvalue weighted by molar-refractivity contribution is 0.0915. The van der Waals surface area contributed by atoms with Crippen LogP contribution in [0.25, 0.3) is 0 Å². The molecule has 0 aromatic heterocycles. The van der Waals surface area contributed by atoms with Crippen molar-refractivity contribution in [3.05, 3.63) is 29.8 Å². The Bertz CT molecular complexity index is 394. The minimum Gasteiger partial charge on any atom is -0.399 e. The van der Waals surface area contributed by atoms with Crippen molar-refractivity contribution in [3.8, 4) is 0 Å². The van der Waals surface area contributed by atoms with E-state index in [9.17, 15) is 4.79 Å². The quantitative estimate of drug-likeness (QED) is 0.826. The predicted molar refractivity (Wildman–Crippen MR) is 74.0 cm³/mol. The second kappa shape index (κ2) is 6.61. The molecule has 1 aromatic rings. The zero-order chi connectivity index (χ0) is 12.3. The Morgan fingerprint density at radius 2 is 2.00 bits per heavy atom. The van der Waals surface area contributed by atoms with Crippen LogP contribution in [0.15, 0.2) is 24.3 Å². The molecule has 2 rings (SSSR count). The van der Waals surface area contributed by atoms with Gasteiger partial charge in [-0.3, -0.25) is 4.79 Å². The fourth-order valence-electron chi connectivity index (χ4n) is 2.19. The molecule has 1 amide bonds. The van der Waals surface area contributed by atoms with E-state index >= 15 is 0 Å². The van der Waals surface area contributed by atoms with Crippen LogP contribution in [0.1, 0.15) is 29.6 Å². The predicted octanol–water partition coefficient (Wildman–Crippen LogP) is 1.99. The minimum absolute atomic E-state index is 0. The number of nitrogens with two attached hydrogens (primary N) is 1. The van der Waals surface area contributed by atoms with Crippen molar-refractivity contribution >= 4 is 24.0 Å². The van der Waals surface area contributed by atoms with Gasteiger partial charge in [0.1, 0.15) is 0 Å². The number of hydrogen-bond donors (Lipinski definition) is 2. The maximum absolute atomic E-state index is 11.9. The molecule has 1 aromatic carbocycles. The van der Waals surface area contributed by atoms with Crippen LogP contribution < -0.4 is 11.1 Å². The SMILES string of the molecule is COC1CCC(NC(=O)c2ccc(N)cc2)C1.Cl. The zero-order valence-electron chi connectivity index (χ0n) is 10.4. The molecule has 0 bridgehead atoms. The van der Waals surface area contributed by atoms with E-state index in [0.29, 0.717) is 11.3 Å². The Morgan fingerprint density at radius 1 is 1.33 bits per heavy atom. The summed E-state index contributed by atoms with van der Waals surface area (Å²) >= 11 is 0. The fourth-order valence-corrected chi connectivity index (χ4v) is 2.19. The van der Waals surface area contributed by atoms with E-state index < -0.39 is 0 Å². The Balaban J connectivity index is 0.00000162. The number of halogens is 1. The Morgan fingerprint density at radius 3 is 2.56 bits per heavy atom. The van der Waals surface area contributed by atoms with Gasteiger partial charge in [-0.2, -0.15) is 0 Å². The zero-order valence-corrected chi connectivity index (χ0v) is 11.2. The average Bonchev–Trinajstić information content (AvgIpc) is 2.77. The first kappa shape index (κ1) is 14.8. The third-order valence-corrected chi connectivity index (χ3v) is 3.23. The van der Waals surface area contributed by atoms with Crippen LogP contribution in [-0.2, 0) is 4.74 Å². The van der Waals surface area contributed by atoms with E-state index in [1.165, 1.54) is 0 Å². The number of benzene rings is 1. The summed E-state index contributed by atoms with van der Waals surface area (Å²) < 4.78 is 5.28. The van der Waals surface area contributed by atoms with E-state index in [1.807, 2.05) is 0 Å². The Labute approximate surface area is 113 Å². The molecule has 1 fully saturated rings. The molecule has 2 unspecified atom stereocenters. The van der Waals surface area contributed by atoms with Crippen LogP contribution in [0.5, 0.6) is 0 Å². The molecule has 3 N–H and O–H groups in total. The Hall–Kier alpha value is -1.26. The molecule has 1 saturated carbocycles. The van der Waals surface area contributed by atoms with E-state index in [2.05, 4.69) is 5.32 Å². The standard InChI is InChI=1S/C13H18N2O2.ClH/c1-17-12-7-6-11(8-12)15-13(16)9-2-4-10(14)5-3-9;/h2-5,11-12H,6-8,14H2,1H3,(H,15,16);1H. The second-order valence-corrected chi connectivity index (χ2v) is 4.46. The first-order valence-electron chi connectivity index (χ1n) is 5.88. The number of nitrogen functional groups attached to an aromatic ring is 1. The highest BCUT2D eigenvalue weighted by atomic mass is 35.5. The highest BCUT2D eigenvalue weighted by Gasteiger charge is 2.25. The number of ether oxygens (including phenoxy) is 1. The maximum atomic E-state index is 11.9. The van der Waals surface area contributed by atoms with Crippen molar-refractivity contribution in [1.82, 2.24) is 5.32 Å². The van der Waals surface area contributed by atoms with E-state index in [4.69, 9.17) is 10.5 Å². The van der Waals surface area contributed by atoms with Crippen LogP contribution in [0.3, 0.4) is 0 Å². The summed E-state index contributed by atoms with van der Waals surface area (Å²) in [4.78, 5) is 11.9. The van der Waals surface area contributed by atoms with Gasteiger partial charge >= 0.3 is 0 Å². The monoisotopic (exact) mass is 270 g/mol. The average molecular weight is 271 g/mol. The van der Waals surface area contributed by atoms with Crippen LogP contribution >= 0.6 is 12.4 Å². The topological polar surface area (TPSA) is 64.3 Å². The van der Waals surface area contributed by atoms with E-state index in [1.54, 1.807) is 31.4 Å². The summed E-state index contributed by atoms with van der Waals surface area (Å²) in [5, 5.41) is 3.02. The van der Waals surface area contributed by atoms with Crippen molar-refractivity contribution in [2.45, 2.75) is 31.4 Å². The van der Waals surface area contributed by atoms with Crippen LogP contribution in [0, 0.1) is 0 Å². The second-order valence-electron chi connectivity index (χ2n) is 4.46. The summed E-state index contributed by atoms with van der Waals surface area (Å²) in [5.41, 5.74) is 6.90. The van der Waals surface area contributed by atoms with Crippen molar-refractivity contribution < 1.29 is 9.53 Å². The molecule has 5 heteroatoms. The molecule has 18 heavy (non-hydrogen) atoms. The molecule has 0 aliphatic heterocycles. The summed E-state index contributed by atoms with van der Waals surface area (Å²) in [5.74, 6) is -0.0354.